The van der Waals surface area contributed by atoms with E-state index in [2.05, 4.69) is 30.6 Å². The van der Waals surface area contributed by atoms with Crippen LogP contribution in [0.5, 0.6) is 5.75 Å². The van der Waals surface area contributed by atoms with Crippen molar-refractivity contribution in [2.45, 2.75) is 25.6 Å². The molecule has 1 fully saturated rings. The van der Waals surface area contributed by atoms with E-state index < -0.39 is 0 Å². The maximum Gasteiger partial charge on any atom is 0.256 e. The van der Waals surface area contributed by atoms with Gasteiger partial charge in [0, 0.05) is 31.7 Å². The Morgan fingerprint density at radius 3 is 2.76 bits per heavy atom. The third-order valence-corrected chi connectivity index (χ3v) is 5.63. The number of methoxy groups -OCH3 is 1. The van der Waals surface area contributed by atoms with Gasteiger partial charge in [0.15, 0.2) is 0 Å². The van der Waals surface area contributed by atoms with Crippen LogP contribution in [0.1, 0.15) is 28.2 Å². The fourth-order valence-corrected chi connectivity index (χ4v) is 3.67. The summed E-state index contributed by atoms with van der Waals surface area (Å²) in [5.41, 5.74) is 1.18. The second-order valence-electron chi connectivity index (χ2n) is 7.42. The first-order valence-corrected chi connectivity index (χ1v) is 10.8. The monoisotopic (exact) mass is 469 g/mol. The van der Waals surface area contributed by atoms with Crippen LogP contribution < -0.4 is 20.3 Å². The number of ether oxygens (including phenoxy) is 1. The van der Waals surface area contributed by atoms with Gasteiger partial charge in [-0.3, -0.25) is 4.79 Å². The van der Waals surface area contributed by atoms with Crippen LogP contribution in [0.3, 0.4) is 0 Å². The number of hydrogen-bond acceptors (Lipinski definition) is 9. The molecule has 4 rings (SSSR count). The number of nitrogens with one attached hydrogen (secondary N) is 2. The molecule has 0 radical (unpaired) electrons. The second-order valence-corrected chi connectivity index (χ2v) is 7.83. The summed E-state index contributed by atoms with van der Waals surface area (Å²) >= 11 is 6.23. The van der Waals surface area contributed by atoms with Crippen LogP contribution >= 0.6 is 11.6 Å². The summed E-state index contributed by atoms with van der Waals surface area (Å²) in [6.45, 7) is 1.32. The molecule has 0 saturated carbocycles. The van der Waals surface area contributed by atoms with Crippen LogP contribution in [-0.4, -0.2) is 57.3 Å². The highest BCUT2D eigenvalue weighted by Crippen LogP contribution is 2.27. The summed E-state index contributed by atoms with van der Waals surface area (Å²) in [4.78, 5) is 32.0. The van der Waals surface area contributed by atoms with Gasteiger partial charge in [-0.05, 0) is 30.2 Å². The number of rotatable bonds is 9. The Morgan fingerprint density at radius 1 is 1.27 bits per heavy atom. The molecule has 1 aliphatic heterocycles. The Hall–Kier alpha value is -3.50. The van der Waals surface area contributed by atoms with Crippen LogP contribution in [0.25, 0.3) is 0 Å². The summed E-state index contributed by atoms with van der Waals surface area (Å²) in [5.74, 6) is 1.56. The first-order chi connectivity index (χ1) is 16.1. The van der Waals surface area contributed by atoms with E-state index in [1.807, 2.05) is 11.0 Å². The van der Waals surface area contributed by atoms with Crippen LogP contribution in [0.4, 0.5) is 11.8 Å². The number of carbonyl (C=O) groups is 1. The Kier molecular flexibility index (Phi) is 7.16. The molecular formula is C22H24ClN7O3. The fraction of sp³-hybridized carbons (Fsp3) is 0.318. The molecule has 1 unspecified atom stereocenters. The summed E-state index contributed by atoms with van der Waals surface area (Å²) in [6, 6.07) is 7.14. The molecule has 3 N–H and O–H groups in total. The topological polar surface area (TPSA) is 125 Å². The zero-order valence-corrected chi connectivity index (χ0v) is 18.8. The molecule has 1 amide bonds. The van der Waals surface area contributed by atoms with E-state index in [0.717, 1.165) is 18.5 Å². The van der Waals surface area contributed by atoms with Crippen molar-refractivity contribution in [3.05, 3.63) is 64.8 Å². The summed E-state index contributed by atoms with van der Waals surface area (Å²) in [6.07, 6.45) is 5.58. The van der Waals surface area contributed by atoms with Crippen molar-refractivity contribution in [2.24, 2.45) is 0 Å². The van der Waals surface area contributed by atoms with E-state index in [0.29, 0.717) is 34.9 Å². The number of benzene rings is 1. The number of anilines is 2. The number of aliphatic hydroxyl groups excluding tert-OH is 1. The smallest absolute Gasteiger partial charge is 0.256 e. The first kappa shape index (κ1) is 22.7. The number of aromatic nitrogens is 4. The SMILES string of the molecule is COc1ccc(CNc2nc(N3CCC3CO)ncc2C(=O)NCc2ncccn2)cc1Cl. The first-order valence-electron chi connectivity index (χ1n) is 10.4. The van der Waals surface area contributed by atoms with Crippen molar-refractivity contribution in [1.29, 1.82) is 0 Å². The average Bonchev–Trinajstić information content (AvgIpc) is 2.82. The second kappa shape index (κ2) is 10.4. The Balaban J connectivity index is 1.54. The predicted octanol–water partition coefficient (Wildman–Crippen LogP) is 2.04. The molecule has 10 nitrogen and oxygen atoms in total. The summed E-state index contributed by atoms with van der Waals surface area (Å²) in [5, 5.41) is 16.0. The zero-order chi connectivity index (χ0) is 23.2. The van der Waals surface area contributed by atoms with Gasteiger partial charge in [-0.15, -0.1) is 0 Å². The molecular weight excluding hydrogens is 446 g/mol. The minimum absolute atomic E-state index is 0.0202. The predicted molar refractivity (Wildman–Crippen MR) is 123 cm³/mol. The molecule has 3 heterocycles. The van der Waals surface area contributed by atoms with Gasteiger partial charge in [-0.2, -0.15) is 4.98 Å². The Bertz CT molecular complexity index is 1110. The van der Waals surface area contributed by atoms with Gasteiger partial charge < -0.3 is 25.4 Å². The van der Waals surface area contributed by atoms with Crippen LogP contribution in [-0.2, 0) is 13.1 Å². The molecule has 3 aromatic rings. The lowest BCUT2D eigenvalue weighted by molar-refractivity contribution is 0.0950. The Labute approximate surface area is 196 Å². The molecule has 172 valence electrons. The number of carbonyl (C=O) groups excluding carboxylic acids is 1. The minimum atomic E-state index is -0.355. The summed E-state index contributed by atoms with van der Waals surface area (Å²) in [7, 11) is 1.56. The normalized spacial score (nSPS) is 15.0. The van der Waals surface area contributed by atoms with Gasteiger partial charge in [0.2, 0.25) is 5.95 Å². The molecule has 2 aromatic heterocycles. The van der Waals surface area contributed by atoms with E-state index in [4.69, 9.17) is 16.3 Å². The third kappa shape index (κ3) is 5.29. The minimum Gasteiger partial charge on any atom is -0.495 e. The molecule has 1 aliphatic rings. The molecule has 0 spiro atoms. The molecule has 33 heavy (non-hydrogen) atoms. The molecule has 1 saturated heterocycles. The largest absolute Gasteiger partial charge is 0.495 e. The van der Waals surface area contributed by atoms with E-state index in [1.165, 1.54) is 6.20 Å². The number of amides is 1. The van der Waals surface area contributed by atoms with Gasteiger partial charge in [-0.1, -0.05) is 17.7 Å². The highest BCUT2D eigenvalue weighted by atomic mass is 35.5. The lowest BCUT2D eigenvalue weighted by Gasteiger charge is -2.39. The third-order valence-electron chi connectivity index (χ3n) is 5.33. The van der Waals surface area contributed by atoms with Crippen molar-refractivity contribution >= 4 is 29.3 Å². The maximum atomic E-state index is 12.9. The molecule has 0 aliphatic carbocycles. The van der Waals surface area contributed by atoms with Gasteiger partial charge >= 0.3 is 0 Å². The van der Waals surface area contributed by atoms with Gasteiger partial charge in [0.25, 0.3) is 5.91 Å². The number of hydrogen-bond donors (Lipinski definition) is 3. The average molecular weight is 470 g/mol. The van der Waals surface area contributed by atoms with Crippen LogP contribution in [0.2, 0.25) is 5.02 Å². The van der Waals surface area contributed by atoms with Crippen LogP contribution in [0.15, 0.2) is 42.9 Å². The molecule has 1 aromatic carbocycles. The van der Waals surface area contributed by atoms with E-state index in [-0.39, 0.29) is 30.7 Å². The Morgan fingerprint density at radius 2 is 2.09 bits per heavy atom. The number of aliphatic hydroxyl groups is 1. The fourth-order valence-electron chi connectivity index (χ4n) is 3.39. The van der Waals surface area contributed by atoms with Crippen molar-refractivity contribution in [2.75, 3.05) is 30.5 Å². The zero-order valence-electron chi connectivity index (χ0n) is 18.0. The van der Waals surface area contributed by atoms with Gasteiger partial charge in [-0.25, -0.2) is 15.0 Å². The van der Waals surface area contributed by atoms with E-state index in [1.54, 1.807) is 37.7 Å². The highest BCUT2D eigenvalue weighted by Gasteiger charge is 2.30. The quantitative estimate of drug-likeness (QED) is 0.431. The standard InChI is InChI=1S/C22H24ClN7O3/c1-33-18-4-3-14(9-17(18)23)10-26-20-16(21(32)27-12-19-24-6-2-7-25-19)11-28-22(29-20)30-8-5-15(30)13-31/h2-4,6-7,9,11,15,31H,5,8,10,12-13H2,1H3,(H,27,32)(H,26,28,29). The van der Waals surface area contributed by atoms with Gasteiger partial charge in [0.1, 0.15) is 23.0 Å². The van der Waals surface area contributed by atoms with Crippen molar-refractivity contribution in [1.82, 2.24) is 25.3 Å². The summed E-state index contributed by atoms with van der Waals surface area (Å²) < 4.78 is 5.20. The lowest BCUT2D eigenvalue weighted by Crippen LogP contribution is -2.50. The number of halogens is 1. The molecule has 1 atom stereocenters. The van der Waals surface area contributed by atoms with E-state index in [9.17, 15) is 9.90 Å². The maximum absolute atomic E-state index is 12.9. The highest BCUT2D eigenvalue weighted by molar-refractivity contribution is 6.32. The van der Waals surface area contributed by atoms with Crippen molar-refractivity contribution < 1.29 is 14.6 Å². The van der Waals surface area contributed by atoms with Crippen LogP contribution in [0, 0.1) is 0 Å². The lowest BCUT2D eigenvalue weighted by atomic mass is 10.1. The van der Waals surface area contributed by atoms with Crippen molar-refractivity contribution in [3.63, 3.8) is 0 Å². The van der Waals surface area contributed by atoms with Gasteiger partial charge in [0.05, 0.1) is 31.3 Å². The van der Waals surface area contributed by atoms with Crippen molar-refractivity contribution in [3.8, 4) is 5.75 Å². The molecule has 11 heteroatoms. The molecule has 0 bridgehead atoms. The van der Waals surface area contributed by atoms with E-state index >= 15 is 0 Å². The number of nitrogens with zero attached hydrogens (tertiary/aromatic N) is 5.